The van der Waals surface area contributed by atoms with E-state index in [9.17, 15) is 9.59 Å². The predicted octanol–water partition coefficient (Wildman–Crippen LogP) is 2.56. The molecule has 2 heterocycles. The fourth-order valence-corrected chi connectivity index (χ4v) is 3.64. The van der Waals surface area contributed by atoms with Crippen molar-refractivity contribution in [3.63, 3.8) is 0 Å². The molecule has 0 radical (unpaired) electrons. The molecule has 0 spiro atoms. The normalized spacial score (nSPS) is 16.4. The Labute approximate surface area is 158 Å². The fourth-order valence-electron chi connectivity index (χ4n) is 3.64. The zero-order chi connectivity index (χ0) is 19.0. The molecule has 6 nitrogen and oxygen atoms in total. The topological polar surface area (TPSA) is 59.1 Å². The van der Waals surface area contributed by atoms with Crippen LogP contribution in [0.3, 0.4) is 0 Å². The summed E-state index contributed by atoms with van der Waals surface area (Å²) in [6.07, 6.45) is 0. The lowest BCUT2D eigenvalue weighted by molar-refractivity contribution is -0.120. The number of amides is 2. The lowest BCUT2D eigenvalue weighted by atomic mass is 10.1. The van der Waals surface area contributed by atoms with E-state index in [0.717, 1.165) is 16.8 Å². The smallest absolute Gasteiger partial charge is 0.258 e. The number of hydrogen-bond donors (Lipinski definition) is 0. The van der Waals surface area contributed by atoms with Gasteiger partial charge < -0.3 is 19.3 Å². The maximum atomic E-state index is 13.0. The molecule has 27 heavy (non-hydrogen) atoms. The Hall–Kier alpha value is -3.02. The number of fused-ring (bicyclic) bond motifs is 1. The second-order valence-electron chi connectivity index (χ2n) is 6.95. The highest BCUT2D eigenvalue weighted by Crippen LogP contribution is 2.34. The van der Waals surface area contributed by atoms with E-state index in [1.165, 1.54) is 0 Å². The molecule has 2 aromatic carbocycles. The number of aryl methyl sites for hydroxylation is 2. The van der Waals surface area contributed by atoms with Crippen molar-refractivity contribution in [2.24, 2.45) is 0 Å². The second-order valence-corrected chi connectivity index (χ2v) is 6.95. The summed E-state index contributed by atoms with van der Waals surface area (Å²) < 4.78 is 11.2. The monoisotopic (exact) mass is 366 g/mol. The summed E-state index contributed by atoms with van der Waals surface area (Å²) >= 11 is 0. The second kappa shape index (κ2) is 6.95. The van der Waals surface area contributed by atoms with Gasteiger partial charge in [0.2, 0.25) is 5.91 Å². The molecule has 0 bridgehead atoms. The lowest BCUT2D eigenvalue weighted by Crippen LogP contribution is -2.52. The van der Waals surface area contributed by atoms with Gasteiger partial charge in [0.05, 0.1) is 5.56 Å². The van der Waals surface area contributed by atoms with Crippen LogP contribution in [-0.2, 0) is 4.79 Å². The van der Waals surface area contributed by atoms with Gasteiger partial charge in [-0.2, -0.15) is 0 Å². The molecule has 0 aliphatic carbocycles. The van der Waals surface area contributed by atoms with Gasteiger partial charge in [-0.15, -0.1) is 0 Å². The summed E-state index contributed by atoms with van der Waals surface area (Å²) in [7, 11) is 0. The molecule has 0 aromatic heterocycles. The van der Waals surface area contributed by atoms with E-state index in [4.69, 9.17) is 9.47 Å². The molecular formula is C21H22N2O4. The van der Waals surface area contributed by atoms with Crippen molar-refractivity contribution in [1.29, 1.82) is 0 Å². The van der Waals surface area contributed by atoms with Crippen molar-refractivity contribution < 1.29 is 19.1 Å². The number of carbonyl (C=O) groups excluding carboxylic acids is 2. The van der Waals surface area contributed by atoms with E-state index in [0.29, 0.717) is 43.4 Å². The van der Waals surface area contributed by atoms with E-state index in [-0.39, 0.29) is 18.4 Å². The minimum Gasteiger partial charge on any atom is -0.486 e. The van der Waals surface area contributed by atoms with Gasteiger partial charge in [-0.25, -0.2) is 0 Å². The maximum Gasteiger partial charge on any atom is 0.258 e. The average Bonchev–Trinajstić information content (AvgIpc) is 2.66. The lowest BCUT2D eigenvalue weighted by Gasteiger charge is -2.35. The minimum atomic E-state index is -0.203. The van der Waals surface area contributed by atoms with Crippen molar-refractivity contribution in [1.82, 2.24) is 4.90 Å². The van der Waals surface area contributed by atoms with Crippen LogP contribution in [0.5, 0.6) is 11.5 Å². The quantitative estimate of drug-likeness (QED) is 0.820. The molecule has 2 aliphatic rings. The summed E-state index contributed by atoms with van der Waals surface area (Å²) in [5.74, 6) is 0.762. The summed E-state index contributed by atoms with van der Waals surface area (Å²) in [6, 6.07) is 11.4. The molecule has 6 heteroatoms. The molecule has 0 N–H and O–H groups in total. The largest absolute Gasteiger partial charge is 0.486 e. The number of ether oxygens (including phenoxy) is 2. The molecule has 2 aromatic rings. The number of hydrogen-bond acceptors (Lipinski definition) is 4. The number of para-hydroxylation sites is 1. The zero-order valence-corrected chi connectivity index (χ0v) is 15.5. The molecule has 2 aliphatic heterocycles. The number of nitrogens with zero attached hydrogens (tertiary/aromatic N) is 2. The van der Waals surface area contributed by atoms with Crippen LogP contribution in [0.15, 0.2) is 36.4 Å². The van der Waals surface area contributed by atoms with E-state index in [2.05, 4.69) is 6.07 Å². The first-order valence-corrected chi connectivity index (χ1v) is 9.09. The standard InChI is InChI=1S/C21H22N2O4/c1-14-10-15(2)12-16(11-14)23-7-6-22(13-19(23)24)21(25)17-4-3-5-18-20(17)27-9-8-26-18/h3-5,10-12H,6-9,13H2,1-2H3. The van der Waals surface area contributed by atoms with E-state index >= 15 is 0 Å². The summed E-state index contributed by atoms with van der Waals surface area (Å²) in [4.78, 5) is 29.0. The molecule has 0 unspecified atom stereocenters. The third-order valence-corrected chi connectivity index (χ3v) is 4.82. The molecule has 0 saturated carbocycles. The molecule has 0 atom stereocenters. The highest BCUT2D eigenvalue weighted by atomic mass is 16.6. The Bertz CT molecular complexity index is 889. The van der Waals surface area contributed by atoms with Crippen LogP contribution in [-0.4, -0.2) is 49.6 Å². The van der Waals surface area contributed by atoms with E-state index in [1.807, 2.05) is 26.0 Å². The average molecular weight is 366 g/mol. The Morgan fingerprint density at radius 3 is 2.48 bits per heavy atom. The first-order valence-electron chi connectivity index (χ1n) is 9.09. The summed E-state index contributed by atoms with van der Waals surface area (Å²) in [5.41, 5.74) is 3.56. The van der Waals surface area contributed by atoms with Gasteiger partial charge in [-0.05, 0) is 49.2 Å². The van der Waals surface area contributed by atoms with E-state index in [1.54, 1.807) is 28.0 Å². The molecule has 2 amide bonds. The summed E-state index contributed by atoms with van der Waals surface area (Å²) in [5, 5.41) is 0. The van der Waals surface area contributed by atoms with Gasteiger partial charge in [-0.1, -0.05) is 12.1 Å². The molecule has 4 rings (SSSR count). The zero-order valence-electron chi connectivity index (χ0n) is 15.5. The molecular weight excluding hydrogens is 344 g/mol. The van der Waals surface area contributed by atoms with Crippen molar-refractivity contribution >= 4 is 17.5 Å². The molecule has 1 fully saturated rings. The van der Waals surface area contributed by atoms with E-state index < -0.39 is 0 Å². The van der Waals surface area contributed by atoms with Gasteiger partial charge in [0.1, 0.15) is 19.8 Å². The number of benzene rings is 2. The van der Waals surface area contributed by atoms with Crippen LogP contribution < -0.4 is 14.4 Å². The van der Waals surface area contributed by atoms with Crippen molar-refractivity contribution in [3.8, 4) is 11.5 Å². The van der Waals surface area contributed by atoms with Gasteiger partial charge in [0.25, 0.3) is 5.91 Å². The number of rotatable bonds is 2. The fraction of sp³-hybridized carbons (Fsp3) is 0.333. The molecule has 1 saturated heterocycles. The van der Waals surface area contributed by atoms with Gasteiger partial charge in [0.15, 0.2) is 11.5 Å². The highest BCUT2D eigenvalue weighted by Gasteiger charge is 2.31. The third-order valence-electron chi connectivity index (χ3n) is 4.82. The third kappa shape index (κ3) is 3.35. The summed E-state index contributed by atoms with van der Waals surface area (Å²) in [6.45, 7) is 5.91. The van der Waals surface area contributed by atoms with Crippen molar-refractivity contribution in [2.45, 2.75) is 13.8 Å². The van der Waals surface area contributed by atoms with Crippen LogP contribution in [0, 0.1) is 13.8 Å². The Kier molecular flexibility index (Phi) is 4.48. The van der Waals surface area contributed by atoms with Gasteiger partial charge in [-0.3, -0.25) is 9.59 Å². The number of piperazine rings is 1. The molecule has 140 valence electrons. The first-order chi connectivity index (χ1) is 13.0. The van der Waals surface area contributed by atoms with Crippen LogP contribution in [0.1, 0.15) is 21.5 Å². The minimum absolute atomic E-state index is 0.0519. The van der Waals surface area contributed by atoms with Gasteiger partial charge >= 0.3 is 0 Å². The highest BCUT2D eigenvalue weighted by molar-refractivity contribution is 6.03. The van der Waals surface area contributed by atoms with Crippen molar-refractivity contribution in [2.75, 3.05) is 37.7 Å². The Morgan fingerprint density at radius 2 is 1.74 bits per heavy atom. The Balaban J connectivity index is 1.53. The number of carbonyl (C=O) groups is 2. The van der Waals surface area contributed by atoms with Crippen LogP contribution in [0.2, 0.25) is 0 Å². The van der Waals surface area contributed by atoms with Crippen LogP contribution in [0.4, 0.5) is 5.69 Å². The van der Waals surface area contributed by atoms with Crippen LogP contribution in [0.25, 0.3) is 0 Å². The first kappa shape index (κ1) is 17.4. The number of anilines is 1. The van der Waals surface area contributed by atoms with Crippen molar-refractivity contribution in [3.05, 3.63) is 53.1 Å². The van der Waals surface area contributed by atoms with Crippen LogP contribution >= 0.6 is 0 Å². The predicted molar refractivity (Wildman–Crippen MR) is 102 cm³/mol. The van der Waals surface area contributed by atoms with Gasteiger partial charge in [0, 0.05) is 18.8 Å². The Morgan fingerprint density at radius 1 is 1.00 bits per heavy atom. The SMILES string of the molecule is Cc1cc(C)cc(N2CCN(C(=O)c3cccc4c3OCCO4)CC2=O)c1. The maximum absolute atomic E-state index is 13.0.